The summed E-state index contributed by atoms with van der Waals surface area (Å²) in [5.41, 5.74) is 0. The highest BCUT2D eigenvalue weighted by atomic mass is 16.8. The standard InChI is InChI=1S/C29H50N2O19/c1-8-15(30-10(3)35)25(19(39)13(6-33)44-8)49-27-16(31-11(4)36)26(50-28-22(42)20(40)17(37)9(2)45-28)24(14(7-34)47-27)48-29-23(43)21(41)18(38)12(5-32)46-29/h8-9,12-29,32-34,37-43H,5-7H2,1-4H3,(H,30,35)(H,31,36)/t8-,9?,12?,13?,14?,15?,16?,17+,18-,19-,20-,21-,22?,23?,24+,25+,26+,27-,28-,29-/m0/s1. The number of nitrogens with one attached hydrogen (secondary N) is 2. The molecule has 0 radical (unpaired) electrons. The van der Waals surface area contributed by atoms with Gasteiger partial charge in [-0.15, -0.1) is 0 Å². The van der Waals surface area contributed by atoms with Crippen LogP contribution in [-0.2, 0) is 42.7 Å². The summed E-state index contributed by atoms with van der Waals surface area (Å²) < 4.78 is 41.1. The van der Waals surface area contributed by atoms with Crippen molar-refractivity contribution in [2.45, 2.75) is 150 Å². The van der Waals surface area contributed by atoms with E-state index in [1.165, 1.54) is 13.8 Å². The fourth-order valence-corrected chi connectivity index (χ4v) is 6.53. The fourth-order valence-electron chi connectivity index (χ4n) is 6.53. The van der Waals surface area contributed by atoms with E-state index in [-0.39, 0.29) is 0 Å². The van der Waals surface area contributed by atoms with E-state index >= 15 is 0 Å². The molecule has 0 saturated carbocycles. The number of rotatable bonds is 11. The normalized spacial score (nSPS) is 48.5. The predicted molar refractivity (Wildman–Crippen MR) is 159 cm³/mol. The van der Waals surface area contributed by atoms with Crippen LogP contribution in [0.4, 0.5) is 0 Å². The molecule has 4 heterocycles. The van der Waals surface area contributed by atoms with Crippen LogP contribution in [0.25, 0.3) is 0 Å². The Labute approximate surface area is 286 Å². The molecule has 0 aromatic heterocycles. The summed E-state index contributed by atoms with van der Waals surface area (Å²) in [5.74, 6) is -1.24. The van der Waals surface area contributed by atoms with Crippen LogP contribution < -0.4 is 10.6 Å². The maximum Gasteiger partial charge on any atom is 0.217 e. The van der Waals surface area contributed by atoms with Gasteiger partial charge < -0.3 is 94.9 Å². The lowest BCUT2D eigenvalue weighted by Crippen LogP contribution is -2.71. The lowest BCUT2D eigenvalue weighted by molar-refractivity contribution is -0.379. The summed E-state index contributed by atoms with van der Waals surface area (Å²) in [6.45, 7) is 2.90. The van der Waals surface area contributed by atoms with Crippen molar-refractivity contribution in [1.29, 1.82) is 0 Å². The average Bonchev–Trinajstić information content (AvgIpc) is 3.07. The minimum atomic E-state index is -1.94. The number of hydrogen-bond donors (Lipinski definition) is 12. The molecule has 50 heavy (non-hydrogen) atoms. The molecule has 4 fully saturated rings. The highest BCUT2D eigenvalue weighted by molar-refractivity contribution is 5.73. The molecule has 4 aliphatic heterocycles. The molecule has 0 aromatic carbocycles. The Morgan fingerprint density at radius 2 is 0.960 bits per heavy atom. The van der Waals surface area contributed by atoms with Crippen LogP contribution in [0.2, 0.25) is 0 Å². The zero-order chi connectivity index (χ0) is 37.2. The summed E-state index contributed by atoms with van der Waals surface area (Å²) in [7, 11) is 0. The molecule has 290 valence electrons. The van der Waals surface area contributed by atoms with Crippen LogP contribution in [0.5, 0.6) is 0 Å². The molecule has 4 aliphatic rings. The molecule has 4 saturated heterocycles. The van der Waals surface area contributed by atoms with Crippen LogP contribution in [0.15, 0.2) is 0 Å². The molecule has 0 spiro atoms. The van der Waals surface area contributed by atoms with E-state index in [0.717, 1.165) is 6.92 Å². The summed E-state index contributed by atoms with van der Waals surface area (Å²) in [4.78, 5) is 24.8. The average molecular weight is 731 g/mol. The molecule has 4 rings (SSSR count). The molecular formula is C29H50N2O19. The Morgan fingerprint density at radius 3 is 1.52 bits per heavy atom. The number of ether oxygens (including phenoxy) is 7. The Kier molecular flexibility index (Phi) is 14.3. The maximum absolute atomic E-state index is 12.6. The second-order valence-corrected chi connectivity index (χ2v) is 12.9. The molecule has 8 unspecified atom stereocenters. The van der Waals surface area contributed by atoms with E-state index in [1.807, 2.05) is 0 Å². The van der Waals surface area contributed by atoms with E-state index in [0.29, 0.717) is 0 Å². The van der Waals surface area contributed by atoms with Crippen LogP contribution in [0.1, 0.15) is 27.7 Å². The zero-order valence-electron chi connectivity index (χ0n) is 27.8. The third-order valence-corrected chi connectivity index (χ3v) is 9.24. The summed E-state index contributed by atoms with van der Waals surface area (Å²) in [6.07, 6.45) is -28.4. The quantitative estimate of drug-likeness (QED) is 0.0939. The van der Waals surface area contributed by atoms with Gasteiger partial charge in [0.25, 0.3) is 0 Å². The molecule has 0 aromatic rings. The van der Waals surface area contributed by atoms with E-state index < -0.39 is 154 Å². The third kappa shape index (κ3) is 8.72. The van der Waals surface area contributed by atoms with Crippen molar-refractivity contribution in [3.05, 3.63) is 0 Å². The fraction of sp³-hybridized carbons (Fsp3) is 0.931. The molecule has 21 nitrogen and oxygen atoms in total. The van der Waals surface area contributed by atoms with E-state index in [2.05, 4.69) is 10.6 Å². The SMILES string of the molecule is CC(=O)NC1[C@H](O[C@@H]2C(NC(C)=O)[C@H](C)OC(CO)[C@@H]2O)OC(CO)[C@@H](O[C@@H]2OC(CO)[C@H](O)[C@H](O)C2O)[C@@H]1O[C@@H]1OC(C)[C@@H](O)[C@H](O)C1O. The van der Waals surface area contributed by atoms with Crippen molar-refractivity contribution < 1.29 is 93.8 Å². The first-order valence-electron chi connectivity index (χ1n) is 16.3. The number of carbonyl (C=O) groups is 2. The number of aliphatic hydroxyl groups excluding tert-OH is 10. The van der Waals surface area contributed by atoms with Crippen LogP contribution >= 0.6 is 0 Å². The van der Waals surface area contributed by atoms with Gasteiger partial charge in [-0.25, -0.2) is 0 Å². The van der Waals surface area contributed by atoms with E-state index in [1.54, 1.807) is 6.92 Å². The number of amides is 2. The maximum atomic E-state index is 12.6. The van der Waals surface area contributed by atoms with Gasteiger partial charge >= 0.3 is 0 Å². The van der Waals surface area contributed by atoms with E-state index in [9.17, 15) is 60.7 Å². The molecule has 0 aliphatic carbocycles. The van der Waals surface area contributed by atoms with Gasteiger partial charge in [-0.05, 0) is 13.8 Å². The number of hydrogen-bond acceptors (Lipinski definition) is 19. The Bertz CT molecular complexity index is 1120. The topological polar surface area (TPSA) is 325 Å². The van der Waals surface area contributed by atoms with Crippen LogP contribution in [0, 0.1) is 0 Å². The van der Waals surface area contributed by atoms with Crippen LogP contribution in [-0.4, -0.2) is 205 Å². The zero-order valence-corrected chi connectivity index (χ0v) is 27.8. The van der Waals surface area contributed by atoms with Crippen molar-refractivity contribution in [3.8, 4) is 0 Å². The van der Waals surface area contributed by atoms with Crippen molar-refractivity contribution in [3.63, 3.8) is 0 Å². The highest BCUT2D eigenvalue weighted by Gasteiger charge is 2.56. The van der Waals surface area contributed by atoms with Gasteiger partial charge in [0.2, 0.25) is 11.8 Å². The molecule has 2 amide bonds. The predicted octanol–water partition coefficient (Wildman–Crippen LogP) is -7.36. The Balaban J connectivity index is 1.76. The monoisotopic (exact) mass is 730 g/mol. The number of aliphatic hydroxyl groups is 10. The Morgan fingerprint density at radius 1 is 0.500 bits per heavy atom. The van der Waals surface area contributed by atoms with E-state index in [4.69, 9.17) is 33.2 Å². The molecular weight excluding hydrogens is 680 g/mol. The molecule has 0 bridgehead atoms. The smallest absolute Gasteiger partial charge is 0.217 e. The van der Waals surface area contributed by atoms with Gasteiger partial charge in [0.05, 0.1) is 38.1 Å². The van der Waals surface area contributed by atoms with Crippen molar-refractivity contribution in [2.24, 2.45) is 0 Å². The largest absolute Gasteiger partial charge is 0.394 e. The molecule has 20 atom stereocenters. The van der Waals surface area contributed by atoms with Gasteiger partial charge in [0.15, 0.2) is 18.9 Å². The van der Waals surface area contributed by atoms with Gasteiger partial charge in [-0.3, -0.25) is 9.59 Å². The van der Waals surface area contributed by atoms with Gasteiger partial charge in [0, 0.05) is 13.8 Å². The van der Waals surface area contributed by atoms with Crippen molar-refractivity contribution >= 4 is 11.8 Å². The summed E-state index contributed by atoms with van der Waals surface area (Å²) >= 11 is 0. The van der Waals surface area contributed by atoms with Gasteiger partial charge in [-0.1, -0.05) is 0 Å². The van der Waals surface area contributed by atoms with Crippen LogP contribution in [0.3, 0.4) is 0 Å². The minimum absolute atomic E-state index is 0.530. The third-order valence-electron chi connectivity index (χ3n) is 9.24. The van der Waals surface area contributed by atoms with Gasteiger partial charge in [-0.2, -0.15) is 0 Å². The first-order valence-corrected chi connectivity index (χ1v) is 16.3. The molecule has 21 heteroatoms. The second-order valence-electron chi connectivity index (χ2n) is 12.9. The lowest BCUT2D eigenvalue weighted by atomic mass is 9.91. The highest BCUT2D eigenvalue weighted by Crippen LogP contribution is 2.35. The van der Waals surface area contributed by atoms with Crippen molar-refractivity contribution in [2.75, 3.05) is 19.8 Å². The first-order chi connectivity index (χ1) is 23.5. The number of carbonyl (C=O) groups excluding carboxylic acids is 2. The lowest BCUT2D eigenvalue weighted by Gasteiger charge is -2.51. The summed E-state index contributed by atoms with van der Waals surface area (Å²) in [5, 5.41) is 109. The second kappa shape index (κ2) is 17.4. The van der Waals surface area contributed by atoms with Crippen molar-refractivity contribution in [1.82, 2.24) is 10.6 Å². The first kappa shape index (κ1) is 41.0. The Hall–Kier alpha value is -1.74. The van der Waals surface area contributed by atoms with Gasteiger partial charge in [0.1, 0.15) is 85.4 Å². The summed E-state index contributed by atoms with van der Waals surface area (Å²) in [6, 6.07) is -2.58. The molecule has 12 N–H and O–H groups in total. The minimum Gasteiger partial charge on any atom is -0.394 e.